The lowest BCUT2D eigenvalue weighted by molar-refractivity contribution is -0.134. The first kappa shape index (κ1) is 19.9. The van der Waals surface area contributed by atoms with Crippen LogP contribution in [0.3, 0.4) is 0 Å². The molecule has 2 aromatic carbocycles. The zero-order valence-corrected chi connectivity index (χ0v) is 17.9. The number of aromatic amines is 1. The molecular formula is C24H23FN6O2. The molecule has 2 aromatic heterocycles. The molecule has 0 saturated carbocycles. The highest BCUT2D eigenvalue weighted by Crippen LogP contribution is 2.42. The van der Waals surface area contributed by atoms with Crippen molar-refractivity contribution in [2.24, 2.45) is 5.92 Å². The summed E-state index contributed by atoms with van der Waals surface area (Å²) in [5.74, 6) is 0.317. The average molecular weight is 446 g/mol. The molecule has 1 amide bonds. The van der Waals surface area contributed by atoms with Crippen LogP contribution < -0.4 is 4.74 Å². The third-order valence-corrected chi connectivity index (χ3v) is 6.87. The van der Waals surface area contributed by atoms with Crippen molar-refractivity contribution >= 4 is 16.8 Å². The van der Waals surface area contributed by atoms with Gasteiger partial charge in [0.2, 0.25) is 0 Å². The van der Waals surface area contributed by atoms with Crippen LogP contribution in [0.15, 0.2) is 54.9 Å². The Bertz CT molecular complexity index is 1300. The fraction of sp³-hybridized carbons (Fsp3) is 0.333. The van der Waals surface area contributed by atoms with E-state index in [0.717, 1.165) is 48.0 Å². The first-order valence-corrected chi connectivity index (χ1v) is 11.2. The van der Waals surface area contributed by atoms with Crippen LogP contribution in [0.5, 0.6) is 5.75 Å². The first-order chi connectivity index (χ1) is 16.2. The summed E-state index contributed by atoms with van der Waals surface area (Å²) < 4.78 is 21.0. The maximum Gasteiger partial charge on any atom is 0.261 e. The SMILES string of the molecule is O=C(COc1cccc(F)c1)N1C2CCC1C(Cn1ncc3cc(-c4cn[nH]n4)ccc31)C2. The molecule has 0 aliphatic carbocycles. The number of benzene rings is 2. The zero-order valence-electron chi connectivity index (χ0n) is 17.9. The first-order valence-electron chi connectivity index (χ1n) is 11.2. The monoisotopic (exact) mass is 446 g/mol. The largest absolute Gasteiger partial charge is 0.484 e. The van der Waals surface area contributed by atoms with Crippen molar-refractivity contribution in [3.63, 3.8) is 0 Å². The quantitative estimate of drug-likeness (QED) is 0.490. The minimum Gasteiger partial charge on any atom is -0.484 e. The number of nitrogens with zero attached hydrogens (tertiary/aromatic N) is 5. The van der Waals surface area contributed by atoms with Gasteiger partial charge in [0.05, 0.1) is 17.9 Å². The molecule has 9 heteroatoms. The third kappa shape index (κ3) is 3.63. The number of carbonyl (C=O) groups excluding carboxylic acids is 1. The molecule has 33 heavy (non-hydrogen) atoms. The number of amides is 1. The second-order valence-electron chi connectivity index (χ2n) is 8.80. The van der Waals surface area contributed by atoms with Crippen LogP contribution in [0.4, 0.5) is 4.39 Å². The van der Waals surface area contributed by atoms with E-state index < -0.39 is 0 Å². The highest BCUT2D eigenvalue weighted by Gasteiger charge is 2.48. The van der Waals surface area contributed by atoms with Crippen LogP contribution in [-0.2, 0) is 11.3 Å². The van der Waals surface area contributed by atoms with Crippen molar-refractivity contribution in [3.05, 3.63) is 60.7 Å². The summed E-state index contributed by atoms with van der Waals surface area (Å²) in [6.45, 7) is 0.696. The summed E-state index contributed by atoms with van der Waals surface area (Å²) in [5.41, 5.74) is 2.86. The second-order valence-corrected chi connectivity index (χ2v) is 8.80. The van der Waals surface area contributed by atoms with E-state index in [9.17, 15) is 9.18 Å². The smallest absolute Gasteiger partial charge is 0.261 e. The molecule has 2 fully saturated rings. The molecule has 2 bridgehead atoms. The van der Waals surface area contributed by atoms with E-state index in [1.165, 1.54) is 12.1 Å². The maximum absolute atomic E-state index is 13.4. The molecule has 3 unspecified atom stereocenters. The van der Waals surface area contributed by atoms with E-state index in [1.807, 2.05) is 21.8 Å². The highest BCUT2D eigenvalue weighted by molar-refractivity contribution is 5.83. The number of hydrogen-bond donors (Lipinski definition) is 1. The number of halogens is 1. The van der Waals surface area contributed by atoms with Crippen molar-refractivity contribution in [3.8, 4) is 17.0 Å². The van der Waals surface area contributed by atoms with Gasteiger partial charge in [-0.05, 0) is 43.5 Å². The van der Waals surface area contributed by atoms with Gasteiger partial charge in [0, 0.05) is 41.6 Å². The van der Waals surface area contributed by atoms with Crippen LogP contribution in [0.25, 0.3) is 22.2 Å². The normalized spacial score (nSPS) is 21.7. The van der Waals surface area contributed by atoms with E-state index >= 15 is 0 Å². The van der Waals surface area contributed by atoms with Gasteiger partial charge < -0.3 is 9.64 Å². The molecule has 168 valence electrons. The van der Waals surface area contributed by atoms with Gasteiger partial charge in [-0.3, -0.25) is 9.48 Å². The number of hydrogen-bond acceptors (Lipinski definition) is 5. The molecule has 4 aromatic rings. The minimum atomic E-state index is -0.374. The summed E-state index contributed by atoms with van der Waals surface area (Å²) in [5, 5.41) is 16.3. The Balaban J connectivity index is 1.15. The van der Waals surface area contributed by atoms with Gasteiger partial charge in [0.15, 0.2) is 6.61 Å². The van der Waals surface area contributed by atoms with Crippen molar-refractivity contribution in [2.45, 2.75) is 37.9 Å². The Morgan fingerprint density at radius 2 is 2.12 bits per heavy atom. The Morgan fingerprint density at radius 3 is 2.97 bits per heavy atom. The van der Waals surface area contributed by atoms with Gasteiger partial charge >= 0.3 is 0 Å². The fourth-order valence-corrected chi connectivity index (χ4v) is 5.43. The topological polar surface area (TPSA) is 88.9 Å². The predicted molar refractivity (Wildman–Crippen MR) is 119 cm³/mol. The number of H-pyrrole nitrogens is 1. The lowest BCUT2D eigenvalue weighted by Gasteiger charge is -2.24. The number of rotatable bonds is 6. The fourth-order valence-electron chi connectivity index (χ4n) is 5.43. The van der Waals surface area contributed by atoms with Crippen LogP contribution in [-0.4, -0.2) is 54.7 Å². The molecule has 2 aliphatic heterocycles. The second kappa shape index (κ2) is 7.99. The highest BCUT2D eigenvalue weighted by atomic mass is 19.1. The van der Waals surface area contributed by atoms with E-state index in [1.54, 1.807) is 18.3 Å². The molecule has 0 spiro atoms. The summed E-state index contributed by atoms with van der Waals surface area (Å²) in [7, 11) is 0. The number of nitrogens with one attached hydrogen (secondary N) is 1. The lowest BCUT2D eigenvalue weighted by atomic mass is 9.89. The molecule has 3 atom stereocenters. The summed E-state index contributed by atoms with van der Waals surface area (Å²) in [6, 6.07) is 12.5. The number of aromatic nitrogens is 5. The van der Waals surface area contributed by atoms with Gasteiger partial charge in [0.25, 0.3) is 5.91 Å². The van der Waals surface area contributed by atoms with Crippen LogP contribution in [0.2, 0.25) is 0 Å². The molecule has 6 rings (SSSR count). The molecular weight excluding hydrogens is 423 g/mol. The summed E-state index contributed by atoms with van der Waals surface area (Å²) >= 11 is 0. The van der Waals surface area contributed by atoms with Crippen molar-refractivity contribution in [1.29, 1.82) is 0 Å². The zero-order chi connectivity index (χ0) is 22.4. The van der Waals surface area contributed by atoms with Gasteiger partial charge in [-0.1, -0.05) is 12.1 Å². The predicted octanol–water partition coefficient (Wildman–Crippen LogP) is 3.42. The lowest BCUT2D eigenvalue weighted by Crippen LogP contribution is -2.40. The van der Waals surface area contributed by atoms with Crippen molar-refractivity contribution in [2.75, 3.05) is 6.61 Å². The van der Waals surface area contributed by atoms with E-state index in [0.29, 0.717) is 11.7 Å². The number of fused-ring (bicyclic) bond motifs is 3. The Morgan fingerprint density at radius 1 is 1.18 bits per heavy atom. The molecule has 0 radical (unpaired) electrons. The standard InChI is InChI=1S/C24H23FN6O2/c25-18-2-1-3-20(10-18)33-14-24(32)31-19-5-7-23(31)17(9-19)13-30-22-6-4-15(8-16(22)11-27-30)21-12-26-29-28-21/h1-4,6,8,10-12,17,19,23H,5,7,9,13-14H2,(H,26,28,29). The van der Waals surface area contributed by atoms with Crippen molar-refractivity contribution in [1.82, 2.24) is 30.1 Å². The molecule has 4 heterocycles. The third-order valence-electron chi connectivity index (χ3n) is 6.87. The summed E-state index contributed by atoms with van der Waals surface area (Å²) in [4.78, 5) is 14.9. The Kier molecular flexibility index (Phi) is 4.82. The van der Waals surface area contributed by atoms with Gasteiger partial charge in [0.1, 0.15) is 17.3 Å². The molecule has 1 N–H and O–H groups in total. The summed E-state index contributed by atoms with van der Waals surface area (Å²) in [6.07, 6.45) is 6.56. The Hall–Kier alpha value is -3.75. The van der Waals surface area contributed by atoms with E-state index in [-0.39, 0.29) is 30.4 Å². The van der Waals surface area contributed by atoms with Crippen LogP contribution in [0, 0.1) is 11.7 Å². The molecule has 2 aliphatic rings. The number of carbonyl (C=O) groups is 1. The number of ether oxygens (including phenoxy) is 1. The molecule has 2 saturated heterocycles. The Labute approximate surface area is 189 Å². The van der Waals surface area contributed by atoms with Gasteiger partial charge in [-0.2, -0.15) is 20.5 Å². The maximum atomic E-state index is 13.4. The van der Waals surface area contributed by atoms with Crippen LogP contribution >= 0.6 is 0 Å². The van der Waals surface area contributed by atoms with E-state index in [4.69, 9.17) is 4.74 Å². The van der Waals surface area contributed by atoms with Crippen LogP contribution in [0.1, 0.15) is 19.3 Å². The molecule has 8 nitrogen and oxygen atoms in total. The minimum absolute atomic E-state index is 0.0307. The van der Waals surface area contributed by atoms with E-state index in [2.05, 4.69) is 32.6 Å². The van der Waals surface area contributed by atoms with Gasteiger partial charge in [-0.15, -0.1) is 0 Å². The average Bonchev–Trinajstić information content (AvgIpc) is 3.61. The van der Waals surface area contributed by atoms with Crippen molar-refractivity contribution < 1.29 is 13.9 Å². The van der Waals surface area contributed by atoms with Gasteiger partial charge in [-0.25, -0.2) is 4.39 Å².